The summed E-state index contributed by atoms with van der Waals surface area (Å²) in [4.78, 5) is 4.68. The summed E-state index contributed by atoms with van der Waals surface area (Å²) in [7, 11) is -0.351. The molecule has 1 fully saturated rings. The van der Waals surface area contributed by atoms with Gasteiger partial charge in [0.15, 0.2) is 0 Å². The monoisotopic (exact) mass is 301 g/mol. The van der Waals surface area contributed by atoms with Crippen LogP contribution in [0.1, 0.15) is 32.7 Å². The summed E-state index contributed by atoms with van der Waals surface area (Å²) < 4.78 is 13.4. The topological polar surface area (TPSA) is 31.4 Å². The third kappa shape index (κ3) is 2.54. The van der Waals surface area contributed by atoms with Gasteiger partial charge in [0.1, 0.15) is 0 Å². The van der Waals surface area contributed by atoms with Gasteiger partial charge in [0.05, 0.1) is 26.7 Å². The molecular weight excluding hydrogens is 281 g/mol. The maximum atomic E-state index is 6.17. The Kier molecular flexibility index (Phi) is 3.47. The van der Waals surface area contributed by atoms with E-state index >= 15 is 0 Å². The molecule has 1 saturated heterocycles. The highest BCUT2D eigenvalue weighted by molar-refractivity contribution is 7.22. The van der Waals surface area contributed by atoms with Crippen molar-refractivity contribution in [2.75, 3.05) is 0 Å². The molecule has 21 heavy (non-hydrogen) atoms. The zero-order chi connectivity index (χ0) is 15.3. The Balaban J connectivity index is 2.02. The highest BCUT2D eigenvalue weighted by Gasteiger charge is 2.53. The van der Waals surface area contributed by atoms with Crippen molar-refractivity contribution >= 4 is 23.2 Å². The average molecular weight is 301 g/mol. The first-order valence-corrected chi connectivity index (χ1v) is 8.00. The van der Waals surface area contributed by atoms with Crippen molar-refractivity contribution in [3.8, 4) is 11.3 Å². The predicted molar refractivity (Wildman–Crippen MR) is 88.0 cm³/mol. The average Bonchev–Trinajstić information content (AvgIpc) is 2.89. The minimum atomic E-state index is -0.351. The molecule has 0 N–H and O–H groups in total. The van der Waals surface area contributed by atoms with Gasteiger partial charge in [-0.1, -0.05) is 30.3 Å². The second-order valence-corrected chi connectivity index (χ2v) is 7.63. The summed E-state index contributed by atoms with van der Waals surface area (Å²) in [5, 5.41) is 1.03. The SMILES string of the molecule is Cc1nc(-c2ccccc2)c(B2OC(C)(C)C(C)(C)O2)s1. The van der Waals surface area contributed by atoms with Crippen LogP contribution in [-0.4, -0.2) is 23.3 Å². The van der Waals surface area contributed by atoms with E-state index in [-0.39, 0.29) is 18.3 Å². The van der Waals surface area contributed by atoms with E-state index in [4.69, 9.17) is 9.31 Å². The molecule has 0 aliphatic carbocycles. The number of rotatable bonds is 2. The van der Waals surface area contributed by atoms with E-state index in [0.717, 1.165) is 21.0 Å². The largest absolute Gasteiger partial charge is 0.507 e. The van der Waals surface area contributed by atoms with Gasteiger partial charge >= 0.3 is 7.12 Å². The van der Waals surface area contributed by atoms with Crippen LogP contribution in [-0.2, 0) is 9.31 Å². The van der Waals surface area contributed by atoms with Gasteiger partial charge in [-0.3, -0.25) is 0 Å². The molecule has 0 atom stereocenters. The summed E-state index contributed by atoms with van der Waals surface area (Å²) in [5.41, 5.74) is 1.41. The minimum absolute atomic E-state index is 0.330. The molecule has 1 aromatic heterocycles. The Labute approximate surface area is 130 Å². The lowest BCUT2D eigenvalue weighted by Crippen LogP contribution is -2.41. The summed E-state index contributed by atoms with van der Waals surface area (Å²) in [5.74, 6) is 0. The van der Waals surface area contributed by atoms with E-state index in [9.17, 15) is 0 Å². The van der Waals surface area contributed by atoms with E-state index in [0.29, 0.717) is 0 Å². The van der Waals surface area contributed by atoms with E-state index in [1.165, 1.54) is 0 Å². The molecule has 0 spiro atoms. The van der Waals surface area contributed by atoms with Crippen LogP contribution in [0, 0.1) is 6.92 Å². The van der Waals surface area contributed by atoms with Crippen LogP contribution in [0.3, 0.4) is 0 Å². The highest BCUT2D eigenvalue weighted by Crippen LogP contribution is 2.37. The molecular formula is C16H20BNO2S. The van der Waals surface area contributed by atoms with E-state index in [1.54, 1.807) is 11.3 Å². The standard InChI is InChI=1S/C16H20BNO2S/c1-11-18-13(12-9-7-6-8-10-12)14(21-11)17-19-15(2,3)16(4,5)20-17/h6-10H,1-5H3. The summed E-state index contributed by atoms with van der Waals surface area (Å²) >= 11 is 1.65. The van der Waals surface area contributed by atoms with Gasteiger partial charge in [0, 0.05) is 5.56 Å². The summed E-state index contributed by atoms with van der Waals surface area (Å²) in [6.07, 6.45) is 0. The number of nitrogens with zero attached hydrogens (tertiary/aromatic N) is 1. The van der Waals surface area contributed by atoms with Crippen LogP contribution in [0.15, 0.2) is 30.3 Å². The zero-order valence-electron chi connectivity index (χ0n) is 13.1. The number of aromatic nitrogens is 1. The molecule has 5 heteroatoms. The van der Waals surface area contributed by atoms with E-state index < -0.39 is 0 Å². The van der Waals surface area contributed by atoms with Crippen LogP contribution < -0.4 is 4.78 Å². The van der Waals surface area contributed by atoms with Crippen molar-refractivity contribution in [2.45, 2.75) is 45.8 Å². The van der Waals surface area contributed by atoms with Crippen LogP contribution in [0.4, 0.5) is 0 Å². The molecule has 110 valence electrons. The maximum absolute atomic E-state index is 6.17. The molecule has 3 rings (SSSR count). The van der Waals surface area contributed by atoms with Gasteiger partial charge in [-0.2, -0.15) is 0 Å². The number of hydrogen-bond acceptors (Lipinski definition) is 4. The first-order chi connectivity index (χ1) is 9.80. The molecule has 0 unspecified atom stereocenters. The molecule has 0 saturated carbocycles. The minimum Gasteiger partial charge on any atom is -0.399 e. The Hall–Kier alpha value is -1.17. The normalized spacial score (nSPS) is 20.0. The zero-order valence-corrected chi connectivity index (χ0v) is 14.0. The lowest BCUT2D eigenvalue weighted by molar-refractivity contribution is 0.00578. The van der Waals surface area contributed by atoms with Crippen molar-refractivity contribution in [3.05, 3.63) is 35.3 Å². The van der Waals surface area contributed by atoms with Crippen LogP contribution in [0.2, 0.25) is 0 Å². The predicted octanol–water partition coefficient (Wildman–Crippen LogP) is 3.42. The molecule has 1 aliphatic heterocycles. The van der Waals surface area contributed by atoms with E-state index in [2.05, 4.69) is 44.8 Å². The van der Waals surface area contributed by atoms with Gasteiger partial charge in [-0.25, -0.2) is 4.98 Å². The van der Waals surface area contributed by atoms with Crippen molar-refractivity contribution in [1.29, 1.82) is 0 Å². The molecule has 0 bridgehead atoms. The summed E-state index contributed by atoms with van der Waals surface area (Å²) in [6, 6.07) is 10.2. The molecule has 2 heterocycles. The van der Waals surface area contributed by atoms with Gasteiger partial charge in [0.2, 0.25) is 0 Å². The van der Waals surface area contributed by atoms with Gasteiger partial charge in [-0.15, -0.1) is 11.3 Å². The summed E-state index contributed by atoms with van der Waals surface area (Å²) in [6.45, 7) is 10.3. The number of aryl methyl sites for hydroxylation is 1. The second-order valence-electron chi connectivity index (χ2n) is 6.40. The number of thiazole rings is 1. The molecule has 0 radical (unpaired) electrons. The third-order valence-electron chi connectivity index (χ3n) is 4.27. The molecule has 0 amide bonds. The Morgan fingerprint density at radius 1 is 1.00 bits per heavy atom. The van der Waals surface area contributed by atoms with E-state index in [1.807, 2.05) is 25.1 Å². The quantitative estimate of drug-likeness (QED) is 0.797. The van der Waals surface area contributed by atoms with Crippen LogP contribution >= 0.6 is 11.3 Å². The van der Waals surface area contributed by atoms with Crippen molar-refractivity contribution in [3.63, 3.8) is 0 Å². The molecule has 3 nitrogen and oxygen atoms in total. The Morgan fingerprint density at radius 2 is 1.57 bits per heavy atom. The lowest BCUT2D eigenvalue weighted by atomic mass is 9.84. The third-order valence-corrected chi connectivity index (χ3v) is 5.27. The van der Waals surface area contributed by atoms with Crippen LogP contribution in [0.25, 0.3) is 11.3 Å². The Morgan fingerprint density at radius 3 is 2.14 bits per heavy atom. The van der Waals surface area contributed by atoms with Crippen molar-refractivity contribution in [1.82, 2.24) is 4.98 Å². The number of hydrogen-bond donors (Lipinski definition) is 0. The molecule has 2 aromatic rings. The molecule has 1 aromatic carbocycles. The molecule has 1 aliphatic rings. The number of benzene rings is 1. The Bertz CT molecular complexity index is 636. The van der Waals surface area contributed by atoms with Crippen molar-refractivity contribution in [2.24, 2.45) is 0 Å². The fourth-order valence-corrected chi connectivity index (χ4v) is 3.26. The highest BCUT2D eigenvalue weighted by atomic mass is 32.1. The van der Waals surface area contributed by atoms with Crippen molar-refractivity contribution < 1.29 is 9.31 Å². The first kappa shape index (κ1) is 14.8. The van der Waals surface area contributed by atoms with Gasteiger partial charge < -0.3 is 9.31 Å². The fourth-order valence-electron chi connectivity index (χ4n) is 2.36. The van der Waals surface area contributed by atoms with Crippen LogP contribution in [0.5, 0.6) is 0 Å². The van der Waals surface area contributed by atoms with Gasteiger partial charge in [0.25, 0.3) is 0 Å². The maximum Gasteiger partial charge on any atom is 0.507 e. The lowest BCUT2D eigenvalue weighted by Gasteiger charge is -2.32. The smallest absolute Gasteiger partial charge is 0.399 e. The van der Waals surface area contributed by atoms with Gasteiger partial charge in [-0.05, 0) is 34.6 Å². The fraction of sp³-hybridized carbons (Fsp3) is 0.438. The first-order valence-electron chi connectivity index (χ1n) is 7.18. The second kappa shape index (κ2) is 4.94.